The van der Waals surface area contributed by atoms with Crippen molar-refractivity contribution in [2.45, 2.75) is 24.7 Å². The lowest BCUT2D eigenvalue weighted by Crippen LogP contribution is -2.39. The maximum absolute atomic E-state index is 12.7. The molecule has 1 unspecified atom stereocenters. The number of sulfonamides is 1. The quantitative estimate of drug-likeness (QED) is 0.844. The molecular weight excluding hydrogens is 300 g/mol. The summed E-state index contributed by atoms with van der Waals surface area (Å²) in [6.45, 7) is 7.02. The third-order valence-corrected chi connectivity index (χ3v) is 5.62. The number of nitrogens with one attached hydrogen (secondary N) is 1. The first-order valence-electron chi connectivity index (χ1n) is 7.44. The molecule has 2 rings (SSSR count). The van der Waals surface area contributed by atoms with Crippen LogP contribution in [0, 0.1) is 5.92 Å². The number of rotatable bonds is 5. The highest BCUT2D eigenvalue weighted by Crippen LogP contribution is 2.23. The van der Waals surface area contributed by atoms with E-state index in [-0.39, 0.29) is 10.8 Å². The van der Waals surface area contributed by atoms with Crippen molar-refractivity contribution in [2.24, 2.45) is 5.92 Å². The van der Waals surface area contributed by atoms with Crippen LogP contribution in [0.15, 0.2) is 41.8 Å². The second-order valence-corrected chi connectivity index (χ2v) is 7.57. The predicted octanol–water partition coefficient (Wildman–Crippen LogP) is 2.02. The van der Waals surface area contributed by atoms with E-state index in [1.165, 1.54) is 10.4 Å². The molecule has 1 aliphatic heterocycles. The molecule has 1 heterocycles. The van der Waals surface area contributed by atoms with Gasteiger partial charge in [-0.15, -0.1) is 6.58 Å². The number of nitrogens with zero attached hydrogens (tertiary/aromatic N) is 1. The molecule has 5 nitrogen and oxygen atoms in total. The van der Waals surface area contributed by atoms with Crippen molar-refractivity contribution < 1.29 is 13.2 Å². The Morgan fingerprint density at radius 3 is 2.95 bits per heavy atom. The SMILES string of the molecule is C=CCNC(=O)c1cccc(S(=O)(=O)N2CCCC(C)C2)c1. The van der Waals surface area contributed by atoms with Crippen molar-refractivity contribution in [3.63, 3.8) is 0 Å². The molecule has 120 valence electrons. The van der Waals surface area contributed by atoms with Gasteiger partial charge in [0.25, 0.3) is 5.91 Å². The highest BCUT2D eigenvalue weighted by atomic mass is 32.2. The average Bonchev–Trinajstić information content (AvgIpc) is 2.52. The van der Waals surface area contributed by atoms with Gasteiger partial charge in [0, 0.05) is 25.2 Å². The molecule has 0 saturated carbocycles. The number of hydrogen-bond donors (Lipinski definition) is 1. The molecule has 1 N–H and O–H groups in total. The van der Waals surface area contributed by atoms with Crippen LogP contribution in [0.25, 0.3) is 0 Å². The first-order valence-corrected chi connectivity index (χ1v) is 8.88. The Morgan fingerprint density at radius 2 is 2.27 bits per heavy atom. The zero-order valence-electron chi connectivity index (χ0n) is 12.8. The highest BCUT2D eigenvalue weighted by molar-refractivity contribution is 7.89. The molecule has 1 aliphatic rings. The van der Waals surface area contributed by atoms with E-state index in [1.54, 1.807) is 24.3 Å². The van der Waals surface area contributed by atoms with Gasteiger partial charge in [0.05, 0.1) is 4.90 Å². The van der Waals surface area contributed by atoms with Crippen LogP contribution >= 0.6 is 0 Å². The Hall–Kier alpha value is -1.66. The Kier molecular flexibility index (Phi) is 5.37. The summed E-state index contributed by atoms with van der Waals surface area (Å²) in [7, 11) is -3.54. The molecule has 0 bridgehead atoms. The van der Waals surface area contributed by atoms with Gasteiger partial charge in [0.1, 0.15) is 0 Å². The number of carbonyl (C=O) groups excluding carboxylic acids is 1. The van der Waals surface area contributed by atoms with Crippen molar-refractivity contribution >= 4 is 15.9 Å². The number of amides is 1. The lowest BCUT2D eigenvalue weighted by molar-refractivity contribution is 0.0958. The van der Waals surface area contributed by atoms with Gasteiger partial charge >= 0.3 is 0 Å². The lowest BCUT2D eigenvalue weighted by atomic mass is 10.0. The van der Waals surface area contributed by atoms with Gasteiger partial charge in [-0.05, 0) is 37.0 Å². The summed E-state index contributed by atoms with van der Waals surface area (Å²) in [4.78, 5) is 12.1. The third-order valence-electron chi connectivity index (χ3n) is 3.76. The summed E-state index contributed by atoms with van der Waals surface area (Å²) >= 11 is 0. The number of carbonyl (C=O) groups is 1. The van der Waals surface area contributed by atoms with Crippen LogP contribution in [-0.2, 0) is 10.0 Å². The molecule has 0 aliphatic carbocycles. The van der Waals surface area contributed by atoms with Gasteiger partial charge in [0.15, 0.2) is 0 Å². The van der Waals surface area contributed by atoms with Crippen LogP contribution in [0.2, 0.25) is 0 Å². The van der Waals surface area contributed by atoms with Gasteiger partial charge in [0.2, 0.25) is 10.0 Å². The molecule has 0 spiro atoms. The molecular formula is C16H22N2O3S. The summed E-state index contributed by atoms with van der Waals surface area (Å²) in [6.07, 6.45) is 3.50. The fourth-order valence-corrected chi connectivity index (χ4v) is 4.22. The van der Waals surface area contributed by atoms with Gasteiger partial charge in [-0.2, -0.15) is 4.31 Å². The first kappa shape index (κ1) is 16.7. The molecule has 1 aromatic rings. The maximum atomic E-state index is 12.7. The third kappa shape index (κ3) is 3.75. The van der Waals surface area contributed by atoms with E-state index in [9.17, 15) is 13.2 Å². The summed E-state index contributed by atoms with van der Waals surface area (Å²) in [5, 5.41) is 2.65. The van der Waals surface area contributed by atoms with E-state index >= 15 is 0 Å². The van der Waals surface area contributed by atoms with Gasteiger partial charge < -0.3 is 5.32 Å². The monoisotopic (exact) mass is 322 g/mol. The largest absolute Gasteiger partial charge is 0.349 e. The maximum Gasteiger partial charge on any atom is 0.251 e. The van der Waals surface area contributed by atoms with Crippen LogP contribution in [0.1, 0.15) is 30.1 Å². The van der Waals surface area contributed by atoms with Crippen molar-refractivity contribution in [3.8, 4) is 0 Å². The number of benzene rings is 1. The van der Waals surface area contributed by atoms with Crippen LogP contribution in [0.3, 0.4) is 0 Å². The second-order valence-electron chi connectivity index (χ2n) is 5.64. The normalized spacial score (nSPS) is 19.6. The smallest absolute Gasteiger partial charge is 0.251 e. The minimum absolute atomic E-state index is 0.174. The lowest BCUT2D eigenvalue weighted by Gasteiger charge is -2.30. The van der Waals surface area contributed by atoms with Crippen LogP contribution in [0.5, 0.6) is 0 Å². The first-order chi connectivity index (χ1) is 10.4. The summed E-state index contributed by atoms with van der Waals surface area (Å²) in [5.41, 5.74) is 0.341. The molecule has 1 saturated heterocycles. The van der Waals surface area contributed by atoms with E-state index in [2.05, 4.69) is 18.8 Å². The predicted molar refractivity (Wildman–Crippen MR) is 86.1 cm³/mol. The van der Waals surface area contributed by atoms with Crippen LogP contribution < -0.4 is 5.32 Å². The van der Waals surface area contributed by atoms with Gasteiger partial charge in [-0.3, -0.25) is 4.79 Å². The Bertz CT molecular complexity index is 655. The standard InChI is InChI=1S/C16H22N2O3S/c1-3-9-17-16(19)14-7-4-8-15(11-14)22(20,21)18-10-5-6-13(2)12-18/h3-4,7-8,11,13H,1,5-6,9-10,12H2,2H3,(H,17,19). The topological polar surface area (TPSA) is 66.5 Å². The average molecular weight is 322 g/mol. The Labute approximate surface area is 132 Å². The summed E-state index contributed by atoms with van der Waals surface area (Å²) < 4.78 is 26.9. The highest BCUT2D eigenvalue weighted by Gasteiger charge is 2.28. The summed E-state index contributed by atoms with van der Waals surface area (Å²) in [5.74, 6) is 0.0616. The van der Waals surface area contributed by atoms with Gasteiger partial charge in [-0.1, -0.05) is 19.1 Å². The molecule has 1 fully saturated rings. The molecule has 0 aromatic heterocycles. The molecule has 6 heteroatoms. The fourth-order valence-electron chi connectivity index (χ4n) is 2.58. The number of hydrogen-bond acceptors (Lipinski definition) is 3. The molecule has 1 atom stereocenters. The van der Waals surface area contributed by atoms with Gasteiger partial charge in [-0.25, -0.2) is 8.42 Å². The minimum atomic E-state index is -3.54. The number of piperidine rings is 1. The second kappa shape index (κ2) is 7.07. The summed E-state index contributed by atoms with van der Waals surface area (Å²) in [6, 6.07) is 6.19. The van der Waals surface area contributed by atoms with E-state index in [0.29, 0.717) is 31.1 Å². The van der Waals surface area contributed by atoms with Crippen LogP contribution in [0.4, 0.5) is 0 Å². The van der Waals surface area contributed by atoms with Crippen molar-refractivity contribution in [3.05, 3.63) is 42.5 Å². The fraction of sp³-hybridized carbons (Fsp3) is 0.438. The zero-order chi connectivity index (χ0) is 16.2. The van der Waals surface area contributed by atoms with E-state index in [1.807, 2.05) is 0 Å². The molecule has 22 heavy (non-hydrogen) atoms. The van der Waals surface area contributed by atoms with Crippen molar-refractivity contribution in [1.29, 1.82) is 0 Å². The minimum Gasteiger partial charge on any atom is -0.349 e. The van der Waals surface area contributed by atoms with Crippen LogP contribution in [-0.4, -0.2) is 38.3 Å². The zero-order valence-corrected chi connectivity index (χ0v) is 13.6. The van der Waals surface area contributed by atoms with E-state index in [4.69, 9.17) is 0 Å². The molecule has 1 amide bonds. The van der Waals surface area contributed by atoms with E-state index in [0.717, 1.165) is 12.8 Å². The van der Waals surface area contributed by atoms with Crippen molar-refractivity contribution in [1.82, 2.24) is 9.62 Å². The van der Waals surface area contributed by atoms with Crippen molar-refractivity contribution in [2.75, 3.05) is 19.6 Å². The Balaban J connectivity index is 2.24. The van der Waals surface area contributed by atoms with E-state index < -0.39 is 10.0 Å². The Morgan fingerprint density at radius 1 is 1.50 bits per heavy atom. The molecule has 0 radical (unpaired) electrons. The molecule has 1 aromatic carbocycles.